The van der Waals surface area contributed by atoms with Gasteiger partial charge in [0.25, 0.3) is 0 Å². The standard InChI is InChI=1S/C16H24FNO2/c1-4-16(2,19)13-18(10-5-11-20-3)12-14-6-8-15(17)9-7-14/h4,6-9,19H,1,5,10-13H2,2-3H3. The van der Waals surface area contributed by atoms with Crippen LogP contribution in [0.3, 0.4) is 0 Å². The van der Waals surface area contributed by atoms with Crippen molar-refractivity contribution in [1.29, 1.82) is 0 Å². The Kier molecular flexibility index (Phi) is 6.85. The zero-order valence-electron chi connectivity index (χ0n) is 12.3. The third-order valence-corrected chi connectivity index (χ3v) is 3.13. The Morgan fingerprint density at radius 1 is 1.40 bits per heavy atom. The number of hydrogen-bond donors (Lipinski definition) is 1. The Bertz CT molecular complexity index is 403. The predicted molar refractivity (Wildman–Crippen MR) is 79.0 cm³/mol. The molecule has 0 amide bonds. The van der Waals surface area contributed by atoms with E-state index in [9.17, 15) is 9.50 Å². The van der Waals surface area contributed by atoms with Crippen molar-refractivity contribution in [3.63, 3.8) is 0 Å². The first kappa shape index (κ1) is 16.8. The number of nitrogens with zero attached hydrogens (tertiary/aromatic N) is 1. The van der Waals surface area contributed by atoms with Crippen LogP contribution >= 0.6 is 0 Å². The lowest BCUT2D eigenvalue weighted by atomic mass is 10.1. The zero-order valence-corrected chi connectivity index (χ0v) is 12.3. The Morgan fingerprint density at radius 2 is 2.05 bits per heavy atom. The number of halogens is 1. The molecular weight excluding hydrogens is 257 g/mol. The van der Waals surface area contributed by atoms with Crippen LogP contribution in [0, 0.1) is 5.82 Å². The summed E-state index contributed by atoms with van der Waals surface area (Å²) < 4.78 is 18.0. The fourth-order valence-electron chi connectivity index (χ4n) is 2.01. The molecule has 0 radical (unpaired) electrons. The fourth-order valence-corrected chi connectivity index (χ4v) is 2.01. The molecule has 0 spiro atoms. The minimum Gasteiger partial charge on any atom is -0.385 e. The summed E-state index contributed by atoms with van der Waals surface area (Å²) in [5, 5.41) is 10.1. The Hall–Kier alpha value is -1.23. The van der Waals surface area contributed by atoms with Crippen LogP contribution in [0.2, 0.25) is 0 Å². The van der Waals surface area contributed by atoms with Gasteiger partial charge in [0.05, 0.1) is 5.60 Å². The number of aliphatic hydroxyl groups is 1. The van der Waals surface area contributed by atoms with Gasteiger partial charge in [-0.05, 0) is 31.0 Å². The Balaban J connectivity index is 2.65. The summed E-state index contributed by atoms with van der Waals surface area (Å²) in [7, 11) is 1.67. The minimum atomic E-state index is -0.937. The van der Waals surface area contributed by atoms with Crippen LogP contribution < -0.4 is 0 Å². The summed E-state index contributed by atoms with van der Waals surface area (Å²) in [5.74, 6) is -0.238. The molecule has 1 N–H and O–H groups in total. The Morgan fingerprint density at radius 3 is 2.60 bits per heavy atom. The number of methoxy groups -OCH3 is 1. The second-order valence-corrected chi connectivity index (χ2v) is 5.24. The van der Waals surface area contributed by atoms with E-state index in [0.717, 1.165) is 18.5 Å². The largest absolute Gasteiger partial charge is 0.385 e. The van der Waals surface area contributed by atoms with Gasteiger partial charge >= 0.3 is 0 Å². The van der Waals surface area contributed by atoms with E-state index in [1.807, 2.05) is 0 Å². The Labute approximate surface area is 120 Å². The van der Waals surface area contributed by atoms with Crippen LogP contribution in [0.5, 0.6) is 0 Å². The van der Waals surface area contributed by atoms with Gasteiger partial charge in [0.1, 0.15) is 5.82 Å². The maximum absolute atomic E-state index is 12.9. The van der Waals surface area contributed by atoms with Crippen molar-refractivity contribution in [3.05, 3.63) is 48.3 Å². The molecule has 0 aromatic heterocycles. The molecule has 1 aromatic rings. The van der Waals surface area contributed by atoms with Crippen LogP contribution in [0.4, 0.5) is 4.39 Å². The molecule has 1 rings (SSSR count). The van der Waals surface area contributed by atoms with Gasteiger partial charge in [-0.15, -0.1) is 6.58 Å². The molecule has 1 atom stereocenters. The van der Waals surface area contributed by atoms with Gasteiger partial charge in [0.15, 0.2) is 0 Å². The molecule has 0 bridgehead atoms. The fraction of sp³-hybridized carbons (Fsp3) is 0.500. The molecule has 3 nitrogen and oxygen atoms in total. The van der Waals surface area contributed by atoms with Gasteiger partial charge in [0.2, 0.25) is 0 Å². The predicted octanol–water partition coefficient (Wildman–Crippen LogP) is 2.60. The molecule has 1 unspecified atom stereocenters. The minimum absolute atomic E-state index is 0.238. The van der Waals surface area contributed by atoms with Gasteiger partial charge in [0, 0.05) is 33.4 Å². The third-order valence-electron chi connectivity index (χ3n) is 3.13. The summed E-state index contributed by atoms with van der Waals surface area (Å²) in [5.41, 5.74) is 0.0799. The molecule has 1 aromatic carbocycles. The van der Waals surface area contributed by atoms with Gasteiger partial charge in [-0.2, -0.15) is 0 Å². The van der Waals surface area contributed by atoms with Crippen molar-refractivity contribution in [2.75, 3.05) is 26.8 Å². The average Bonchev–Trinajstić information content (AvgIpc) is 2.41. The zero-order chi connectivity index (χ0) is 15.0. The highest BCUT2D eigenvalue weighted by atomic mass is 19.1. The SMILES string of the molecule is C=CC(C)(O)CN(CCCOC)Cc1ccc(F)cc1. The maximum Gasteiger partial charge on any atom is 0.123 e. The van der Waals surface area contributed by atoms with Crippen LogP contribution in [-0.4, -0.2) is 42.4 Å². The lowest BCUT2D eigenvalue weighted by Gasteiger charge is -2.29. The number of benzene rings is 1. The van der Waals surface area contributed by atoms with E-state index in [-0.39, 0.29) is 5.82 Å². The number of rotatable bonds is 9. The van der Waals surface area contributed by atoms with Crippen LogP contribution in [-0.2, 0) is 11.3 Å². The molecule has 0 saturated heterocycles. The van der Waals surface area contributed by atoms with Crippen LogP contribution in [0.1, 0.15) is 18.9 Å². The average molecular weight is 281 g/mol. The summed E-state index contributed by atoms with van der Waals surface area (Å²) >= 11 is 0. The van der Waals surface area contributed by atoms with E-state index in [1.54, 1.807) is 32.2 Å². The van der Waals surface area contributed by atoms with Gasteiger partial charge in [-0.3, -0.25) is 4.90 Å². The van der Waals surface area contributed by atoms with Gasteiger partial charge in [-0.1, -0.05) is 18.2 Å². The molecule has 4 heteroatoms. The van der Waals surface area contributed by atoms with Crippen molar-refractivity contribution in [2.45, 2.75) is 25.5 Å². The van der Waals surface area contributed by atoms with E-state index >= 15 is 0 Å². The van der Waals surface area contributed by atoms with Crippen molar-refractivity contribution in [2.24, 2.45) is 0 Å². The third kappa shape index (κ3) is 6.28. The van der Waals surface area contributed by atoms with E-state index in [4.69, 9.17) is 4.74 Å². The van der Waals surface area contributed by atoms with Crippen molar-refractivity contribution in [3.8, 4) is 0 Å². The topological polar surface area (TPSA) is 32.7 Å². The van der Waals surface area contributed by atoms with E-state index in [0.29, 0.717) is 19.7 Å². The molecule has 0 aliphatic rings. The van der Waals surface area contributed by atoms with Crippen LogP contribution in [0.25, 0.3) is 0 Å². The quantitative estimate of drug-likeness (QED) is 0.558. The molecule has 20 heavy (non-hydrogen) atoms. The van der Waals surface area contributed by atoms with E-state index in [2.05, 4.69) is 11.5 Å². The molecule has 0 saturated carbocycles. The smallest absolute Gasteiger partial charge is 0.123 e. The summed E-state index contributed by atoms with van der Waals surface area (Å²) in [6.07, 6.45) is 2.42. The first-order valence-corrected chi connectivity index (χ1v) is 6.78. The van der Waals surface area contributed by atoms with Crippen LogP contribution in [0.15, 0.2) is 36.9 Å². The highest BCUT2D eigenvalue weighted by molar-refractivity contribution is 5.16. The maximum atomic E-state index is 12.9. The lowest BCUT2D eigenvalue weighted by molar-refractivity contribution is 0.0545. The normalized spacial score (nSPS) is 14.2. The summed E-state index contributed by atoms with van der Waals surface area (Å²) in [4.78, 5) is 2.12. The first-order chi connectivity index (χ1) is 9.46. The molecule has 112 valence electrons. The van der Waals surface area contributed by atoms with Crippen molar-refractivity contribution in [1.82, 2.24) is 4.90 Å². The van der Waals surface area contributed by atoms with Gasteiger partial charge in [-0.25, -0.2) is 4.39 Å². The molecule has 0 aliphatic carbocycles. The summed E-state index contributed by atoms with van der Waals surface area (Å²) in [6.45, 7) is 8.00. The second kappa shape index (κ2) is 8.15. The number of ether oxygens (including phenoxy) is 1. The summed E-state index contributed by atoms with van der Waals surface area (Å²) in [6, 6.07) is 6.44. The molecular formula is C16H24FNO2. The highest BCUT2D eigenvalue weighted by Gasteiger charge is 2.20. The molecule has 0 aliphatic heterocycles. The van der Waals surface area contributed by atoms with E-state index in [1.165, 1.54) is 12.1 Å². The van der Waals surface area contributed by atoms with Gasteiger partial charge < -0.3 is 9.84 Å². The monoisotopic (exact) mass is 281 g/mol. The van der Waals surface area contributed by atoms with Crippen molar-refractivity contribution >= 4 is 0 Å². The first-order valence-electron chi connectivity index (χ1n) is 6.78. The lowest BCUT2D eigenvalue weighted by Crippen LogP contribution is -2.39. The second-order valence-electron chi connectivity index (χ2n) is 5.24. The molecule has 0 fully saturated rings. The molecule has 0 heterocycles. The van der Waals surface area contributed by atoms with Crippen molar-refractivity contribution < 1.29 is 14.2 Å². The van der Waals surface area contributed by atoms with E-state index < -0.39 is 5.60 Å². The number of hydrogen-bond acceptors (Lipinski definition) is 3. The highest BCUT2D eigenvalue weighted by Crippen LogP contribution is 2.13.